The summed E-state index contributed by atoms with van der Waals surface area (Å²) in [7, 11) is 0. The van der Waals surface area contributed by atoms with Crippen LogP contribution in [0.3, 0.4) is 0 Å². The number of nitrogens with one attached hydrogen (secondary N) is 1. The molecule has 0 fully saturated rings. The van der Waals surface area contributed by atoms with E-state index >= 15 is 0 Å². The quantitative estimate of drug-likeness (QED) is 0.693. The van der Waals surface area contributed by atoms with E-state index in [0.29, 0.717) is 12.1 Å². The van der Waals surface area contributed by atoms with E-state index in [1.807, 2.05) is 6.92 Å². The van der Waals surface area contributed by atoms with Gasteiger partial charge in [0.2, 0.25) is 0 Å². The zero-order chi connectivity index (χ0) is 8.97. The number of carbonyl (C=O) groups is 1. The number of hydrogen-bond acceptors (Lipinski definition) is 3. The minimum absolute atomic E-state index is 0.235. The van der Waals surface area contributed by atoms with Gasteiger partial charge in [-0.2, -0.15) is 0 Å². The fourth-order valence-corrected chi connectivity index (χ4v) is 0.750. The van der Waals surface area contributed by atoms with Crippen LogP contribution in [0.15, 0.2) is 27.6 Å². The maximum Gasteiger partial charge on any atom is 0.335 e. The minimum atomic E-state index is -0.456. The fraction of sp³-hybridized carbons (Fsp3) is 0.250. The van der Waals surface area contributed by atoms with Gasteiger partial charge in [0.1, 0.15) is 6.26 Å². The molecule has 0 atom stereocenters. The van der Waals surface area contributed by atoms with E-state index in [2.05, 4.69) is 9.73 Å². The summed E-state index contributed by atoms with van der Waals surface area (Å²) in [6.07, 6.45) is 1.15. The third-order valence-electron chi connectivity index (χ3n) is 1.30. The molecule has 12 heavy (non-hydrogen) atoms. The molecule has 0 saturated heterocycles. The van der Waals surface area contributed by atoms with E-state index in [-0.39, 0.29) is 5.91 Å². The molecule has 1 amide bonds. The average Bonchev–Trinajstić information content (AvgIpc) is 2.06. The molecular weight excluding hydrogens is 158 g/mol. The zero-order valence-electron chi connectivity index (χ0n) is 6.66. The van der Waals surface area contributed by atoms with E-state index in [9.17, 15) is 9.59 Å². The first-order valence-electron chi connectivity index (χ1n) is 3.61. The van der Waals surface area contributed by atoms with Crippen LogP contribution in [-0.4, -0.2) is 12.5 Å². The van der Waals surface area contributed by atoms with Gasteiger partial charge in [-0.1, -0.05) is 0 Å². The third kappa shape index (κ3) is 1.95. The Morgan fingerprint density at radius 1 is 1.58 bits per heavy atom. The summed E-state index contributed by atoms with van der Waals surface area (Å²) in [6, 6.07) is 2.64. The smallest absolute Gasteiger partial charge is 0.335 e. The first kappa shape index (κ1) is 8.52. The number of carbonyl (C=O) groups excluding carboxylic acids is 1. The fourth-order valence-electron chi connectivity index (χ4n) is 0.750. The Morgan fingerprint density at radius 2 is 2.33 bits per heavy atom. The topological polar surface area (TPSA) is 59.3 Å². The van der Waals surface area contributed by atoms with Crippen LogP contribution in [0.25, 0.3) is 0 Å². The van der Waals surface area contributed by atoms with Gasteiger partial charge in [0.05, 0.1) is 5.56 Å². The lowest BCUT2D eigenvalue weighted by Gasteiger charge is -1.98. The van der Waals surface area contributed by atoms with Gasteiger partial charge in [-0.15, -0.1) is 0 Å². The van der Waals surface area contributed by atoms with Gasteiger partial charge in [0.15, 0.2) is 0 Å². The van der Waals surface area contributed by atoms with Crippen molar-refractivity contribution in [1.82, 2.24) is 5.32 Å². The van der Waals surface area contributed by atoms with E-state index in [1.54, 1.807) is 0 Å². The summed E-state index contributed by atoms with van der Waals surface area (Å²) in [5.74, 6) is -0.235. The lowest BCUT2D eigenvalue weighted by Crippen LogP contribution is -2.22. The molecule has 64 valence electrons. The van der Waals surface area contributed by atoms with Crippen LogP contribution < -0.4 is 10.9 Å². The van der Waals surface area contributed by atoms with E-state index < -0.39 is 5.63 Å². The second-order valence-corrected chi connectivity index (χ2v) is 2.20. The Morgan fingerprint density at radius 3 is 2.83 bits per heavy atom. The van der Waals surface area contributed by atoms with Crippen LogP contribution in [-0.2, 0) is 0 Å². The molecular formula is C8H9NO3. The van der Waals surface area contributed by atoms with Crippen LogP contribution in [0.2, 0.25) is 0 Å². The van der Waals surface area contributed by atoms with E-state index in [4.69, 9.17) is 0 Å². The maximum absolute atomic E-state index is 11.1. The van der Waals surface area contributed by atoms with Gasteiger partial charge in [0, 0.05) is 12.6 Å². The van der Waals surface area contributed by atoms with Crippen LogP contribution >= 0.6 is 0 Å². The van der Waals surface area contributed by atoms with Crippen molar-refractivity contribution in [3.63, 3.8) is 0 Å². The van der Waals surface area contributed by atoms with Crippen molar-refractivity contribution >= 4 is 5.91 Å². The Kier molecular flexibility index (Phi) is 2.63. The standard InChI is InChI=1S/C8H9NO3/c1-2-9-8(11)6-3-4-7(10)12-5-6/h3-5H,2H2,1H3,(H,9,11). The molecule has 0 aliphatic heterocycles. The highest BCUT2D eigenvalue weighted by Crippen LogP contribution is 1.93. The predicted molar refractivity (Wildman–Crippen MR) is 43.0 cm³/mol. The SMILES string of the molecule is CCNC(=O)c1ccc(=O)oc1. The molecule has 0 radical (unpaired) electrons. The number of amides is 1. The monoisotopic (exact) mass is 167 g/mol. The van der Waals surface area contributed by atoms with Gasteiger partial charge in [-0.3, -0.25) is 4.79 Å². The van der Waals surface area contributed by atoms with Crippen LogP contribution in [0.1, 0.15) is 17.3 Å². The average molecular weight is 167 g/mol. The van der Waals surface area contributed by atoms with Gasteiger partial charge in [-0.25, -0.2) is 4.79 Å². The van der Waals surface area contributed by atoms with Gasteiger partial charge < -0.3 is 9.73 Å². The van der Waals surface area contributed by atoms with Gasteiger partial charge in [0.25, 0.3) is 5.91 Å². The molecule has 1 heterocycles. The zero-order valence-corrected chi connectivity index (χ0v) is 6.66. The molecule has 0 aliphatic rings. The Labute approximate surface area is 69.2 Å². The van der Waals surface area contributed by atoms with Crippen molar-refractivity contribution in [3.05, 3.63) is 34.4 Å². The largest absolute Gasteiger partial charge is 0.430 e. The summed E-state index contributed by atoms with van der Waals surface area (Å²) in [6.45, 7) is 2.37. The molecule has 1 N–H and O–H groups in total. The Bertz CT molecular complexity index is 309. The van der Waals surface area contributed by atoms with Crippen LogP contribution in [0.5, 0.6) is 0 Å². The first-order chi connectivity index (χ1) is 5.74. The summed E-state index contributed by atoms with van der Waals surface area (Å²) in [4.78, 5) is 21.6. The molecule has 1 aromatic heterocycles. The molecule has 0 saturated carbocycles. The highest BCUT2D eigenvalue weighted by atomic mass is 16.4. The Hall–Kier alpha value is -1.58. The molecule has 0 aliphatic carbocycles. The molecule has 1 rings (SSSR count). The number of hydrogen-bond donors (Lipinski definition) is 1. The highest BCUT2D eigenvalue weighted by molar-refractivity contribution is 5.93. The van der Waals surface area contributed by atoms with Crippen molar-refractivity contribution < 1.29 is 9.21 Å². The summed E-state index contributed by atoms with van der Waals surface area (Å²) < 4.78 is 4.51. The third-order valence-corrected chi connectivity index (χ3v) is 1.30. The Balaban J connectivity index is 2.82. The number of rotatable bonds is 2. The van der Waals surface area contributed by atoms with E-state index in [1.165, 1.54) is 12.1 Å². The molecule has 0 aromatic carbocycles. The summed E-state index contributed by atoms with van der Waals surface area (Å²) in [5.41, 5.74) is -0.0977. The summed E-state index contributed by atoms with van der Waals surface area (Å²) in [5, 5.41) is 2.58. The van der Waals surface area contributed by atoms with Crippen LogP contribution in [0, 0.1) is 0 Å². The lowest BCUT2D eigenvalue weighted by atomic mass is 10.3. The second-order valence-electron chi connectivity index (χ2n) is 2.20. The van der Waals surface area contributed by atoms with Gasteiger partial charge in [-0.05, 0) is 13.0 Å². The summed E-state index contributed by atoms with van der Waals surface area (Å²) >= 11 is 0. The van der Waals surface area contributed by atoms with Crippen molar-refractivity contribution in [1.29, 1.82) is 0 Å². The predicted octanol–water partition coefficient (Wildman–Crippen LogP) is 0.390. The van der Waals surface area contributed by atoms with Crippen molar-refractivity contribution in [2.45, 2.75) is 6.92 Å². The minimum Gasteiger partial charge on any atom is -0.430 e. The van der Waals surface area contributed by atoms with Crippen molar-refractivity contribution in [2.75, 3.05) is 6.54 Å². The van der Waals surface area contributed by atoms with Crippen molar-refractivity contribution in [2.24, 2.45) is 0 Å². The van der Waals surface area contributed by atoms with Crippen LogP contribution in [0.4, 0.5) is 0 Å². The lowest BCUT2D eigenvalue weighted by molar-refractivity contribution is 0.0953. The van der Waals surface area contributed by atoms with E-state index in [0.717, 1.165) is 6.26 Å². The molecule has 4 nitrogen and oxygen atoms in total. The molecule has 1 aromatic rings. The highest BCUT2D eigenvalue weighted by Gasteiger charge is 2.03. The maximum atomic E-state index is 11.1. The van der Waals surface area contributed by atoms with Gasteiger partial charge >= 0.3 is 5.63 Å². The molecule has 0 spiro atoms. The second kappa shape index (κ2) is 3.71. The normalized spacial score (nSPS) is 9.42. The molecule has 0 bridgehead atoms. The molecule has 4 heteroatoms. The molecule has 0 unspecified atom stereocenters. The first-order valence-corrected chi connectivity index (χ1v) is 3.61. The van der Waals surface area contributed by atoms with Crippen molar-refractivity contribution in [3.8, 4) is 0 Å².